The van der Waals surface area contributed by atoms with Gasteiger partial charge in [0.25, 0.3) is 6.47 Å². The third-order valence-electron chi connectivity index (χ3n) is 4.61. The zero-order valence-electron chi connectivity index (χ0n) is 14.7. The fourth-order valence-corrected chi connectivity index (χ4v) is 3.33. The maximum absolute atomic E-state index is 13.5. The highest BCUT2D eigenvalue weighted by Crippen LogP contribution is 2.26. The van der Waals surface area contributed by atoms with Crippen LogP contribution in [0.3, 0.4) is 0 Å². The Morgan fingerprint density at radius 1 is 1.37 bits per heavy atom. The quantitative estimate of drug-likeness (QED) is 0.589. The standard InChI is InChI=1S/C17H19FN2O4.CH2O2/c1-9-12(13-5-11(18)2-3-14(13)19-9)6-16(22)20-7-10(4-17(23)24)15(21)8-20;2-1-3/h2-3,5,10,15,19,21H,4,6-8H2,1H3,(H,23,24);1H,(H,2,3)/t10-,15-;/m1./s1. The molecule has 0 unspecified atom stereocenters. The van der Waals surface area contributed by atoms with Gasteiger partial charge < -0.3 is 25.2 Å². The van der Waals surface area contributed by atoms with E-state index in [4.69, 9.17) is 15.0 Å². The van der Waals surface area contributed by atoms with Gasteiger partial charge in [0.2, 0.25) is 5.91 Å². The number of aliphatic hydroxyl groups excluding tert-OH is 1. The van der Waals surface area contributed by atoms with Crippen molar-refractivity contribution in [1.82, 2.24) is 9.88 Å². The van der Waals surface area contributed by atoms with Crippen molar-refractivity contribution in [3.8, 4) is 0 Å². The normalized spacial score (nSPS) is 18.9. The molecule has 0 aliphatic carbocycles. The fraction of sp³-hybridized carbons (Fsp3) is 0.389. The number of fused-ring (bicyclic) bond motifs is 1. The second kappa shape index (κ2) is 8.63. The van der Waals surface area contributed by atoms with Crippen molar-refractivity contribution in [2.75, 3.05) is 13.1 Å². The van der Waals surface area contributed by atoms with Crippen LogP contribution in [0.15, 0.2) is 18.2 Å². The van der Waals surface area contributed by atoms with Gasteiger partial charge in [-0.15, -0.1) is 0 Å². The number of nitrogens with one attached hydrogen (secondary N) is 1. The van der Waals surface area contributed by atoms with E-state index in [-0.39, 0.29) is 44.1 Å². The highest BCUT2D eigenvalue weighted by atomic mass is 19.1. The van der Waals surface area contributed by atoms with E-state index in [1.165, 1.54) is 17.0 Å². The summed E-state index contributed by atoms with van der Waals surface area (Å²) in [6.07, 6.45) is -0.907. The van der Waals surface area contributed by atoms with Crippen LogP contribution in [0.1, 0.15) is 17.7 Å². The SMILES string of the molecule is Cc1[nH]c2ccc(F)cc2c1CC(=O)N1C[C@@H](CC(=O)O)[C@H](O)C1.O=CO. The number of aliphatic carboxylic acids is 1. The molecule has 2 aromatic rings. The Bertz CT molecular complexity index is 850. The second-order valence-electron chi connectivity index (χ2n) is 6.42. The van der Waals surface area contributed by atoms with Gasteiger partial charge in [-0.05, 0) is 30.7 Å². The maximum Gasteiger partial charge on any atom is 0.303 e. The lowest BCUT2D eigenvalue weighted by Crippen LogP contribution is -2.31. The minimum atomic E-state index is -0.990. The molecule has 3 rings (SSSR count). The van der Waals surface area contributed by atoms with Crippen LogP contribution in [0.25, 0.3) is 10.9 Å². The molecule has 9 heteroatoms. The third kappa shape index (κ3) is 4.82. The minimum absolute atomic E-state index is 0.0851. The molecule has 0 saturated carbocycles. The lowest BCUT2D eigenvalue weighted by molar-refractivity contribution is -0.139. The smallest absolute Gasteiger partial charge is 0.303 e. The molecular formula is C18H21FN2O6. The molecule has 1 aromatic heterocycles. The molecular weight excluding hydrogens is 359 g/mol. The number of H-pyrrole nitrogens is 1. The monoisotopic (exact) mass is 380 g/mol. The molecule has 146 valence electrons. The summed E-state index contributed by atoms with van der Waals surface area (Å²) in [4.78, 5) is 36.3. The van der Waals surface area contributed by atoms with E-state index in [9.17, 15) is 19.1 Å². The van der Waals surface area contributed by atoms with E-state index in [0.29, 0.717) is 5.39 Å². The summed E-state index contributed by atoms with van der Waals surface area (Å²) in [6.45, 7) is 1.93. The van der Waals surface area contributed by atoms with E-state index in [2.05, 4.69) is 4.98 Å². The Labute approximate surface area is 154 Å². The number of aryl methyl sites for hydroxylation is 1. The topological polar surface area (TPSA) is 131 Å². The summed E-state index contributed by atoms with van der Waals surface area (Å²) in [7, 11) is 0. The number of carboxylic acids is 1. The number of β-amino-alcohol motifs (C(OH)–C–C–N with tert-alkyl or cyclic N) is 1. The Morgan fingerprint density at radius 2 is 2.04 bits per heavy atom. The van der Waals surface area contributed by atoms with Crippen molar-refractivity contribution < 1.29 is 34.1 Å². The number of hydrogen-bond acceptors (Lipinski definition) is 4. The van der Waals surface area contributed by atoms with Gasteiger partial charge in [0.15, 0.2) is 0 Å². The molecule has 2 heterocycles. The van der Waals surface area contributed by atoms with Crippen molar-refractivity contribution in [3.05, 3.63) is 35.3 Å². The van der Waals surface area contributed by atoms with E-state index in [1.807, 2.05) is 6.92 Å². The molecule has 4 N–H and O–H groups in total. The number of nitrogens with zero attached hydrogens (tertiary/aromatic N) is 1. The van der Waals surface area contributed by atoms with E-state index < -0.39 is 18.0 Å². The van der Waals surface area contributed by atoms with Crippen LogP contribution >= 0.6 is 0 Å². The van der Waals surface area contributed by atoms with Crippen LogP contribution in [0.5, 0.6) is 0 Å². The van der Waals surface area contributed by atoms with Crippen molar-refractivity contribution in [2.24, 2.45) is 5.92 Å². The van der Waals surface area contributed by atoms with Crippen LogP contribution in [0.2, 0.25) is 0 Å². The first kappa shape index (κ1) is 20.4. The number of halogens is 1. The Morgan fingerprint density at radius 3 is 2.67 bits per heavy atom. The summed E-state index contributed by atoms with van der Waals surface area (Å²) in [5, 5.41) is 26.3. The van der Waals surface area contributed by atoms with Gasteiger partial charge in [0.1, 0.15) is 5.82 Å². The van der Waals surface area contributed by atoms with Gasteiger partial charge in [-0.3, -0.25) is 14.4 Å². The molecule has 1 aliphatic heterocycles. The zero-order chi connectivity index (χ0) is 20.1. The van der Waals surface area contributed by atoms with Gasteiger partial charge >= 0.3 is 5.97 Å². The average Bonchev–Trinajstić information content (AvgIpc) is 3.09. The Hall–Kier alpha value is -2.94. The third-order valence-corrected chi connectivity index (χ3v) is 4.61. The number of hydrogen-bond donors (Lipinski definition) is 4. The summed E-state index contributed by atoms with van der Waals surface area (Å²) in [5.74, 6) is -2.01. The zero-order valence-corrected chi connectivity index (χ0v) is 14.7. The van der Waals surface area contributed by atoms with Crippen molar-refractivity contribution >= 4 is 29.3 Å². The number of amides is 1. The first-order valence-electron chi connectivity index (χ1n) is 8.29. The van der Waals surface area contributed by atoms with Crippen LogP contribution in [-0.4, -0.2) is 62.7 Å². The van der Waals surface area contributed by atoms with Crippen molar-refractivity contribution in [3.63, 3.8) is 0 Å². The molecule has 0 spiro atoms. The molecule has 8 nitrogen and oxygen atoms in total. The average molecular weight is 380 g/mol. The lowest BCUT2D eigenvalue weighted by atomic mass is 10.0. The number of rotatable bonds is 4. The first-order valence-corrected chi connectivity index (χ1v) is 8.29. The van der Waals surface area contributed by atoms with E-state index in [1.54, 1.807) is 6.07 Å². The number of carboxylic acid groups (broad SMARTS) is 2. The van der Waals surface area contributed by atoms with Crippen LogP contribution in [0.4, 0.5) is 4.39 Å². The molecule has 0 bridgehead atoms. The number of aromatic nitrogens is 1. The van der Waals surface area contributed by atoms with Crippen molar-refractivity contribution in [2.45, 2.75) is 25.9 Å². The second-order valence-corrected chi connectivity index (χ2v) is 6.42. The molecule has 1 fully saturated rings. The maximum atomic E-state index is 13.5. The minimum Gasteiger partial charge on any atom is -0.483 e. The molecule has 1 aliphatic rings. The molecule has 1 aromatic carbocycles. The molecule has 27 heavy (non-hydrogen) atoms. The van der Waals surface area contributed by atoms with Crippen LogP contribution in [-0.2, 0) is 20.8 Å². The first-order chi connectivity index (χ1) is 12.8. The number of likely N-dealkylation sites (tertiary alicyclic amines) is 1. The molecule has 1 saturated heterocycles. The predicted molar refractivity (Wildman–Crippen MR) is 93.7 cm³/mol. The largest absolute Gasteiger partial charge is 0.483 e. The van der Waals surface area contributed by atoms with E-state index in [0.717, 1.165) is 16.8 Å². The van der Waals surface area contributed by atoms with Crippen LogP contribution < -0.4 is 0 Å². The number of carbonyl (C=O) groups is 3. The number of aromatic amines is 1. The van der Waals surface area contributed by atoms with Gasteiger partial charge in [-0.25, -0.2) is 4.39 Å². The highest BCUT2D eigenvalue weighted by molar-refractivity contribution is 5.90. The number of benzene rings is 1. The van der Waals surface area contributed by atoms with Gasteiger partial charge in [-0.2, -0.15) is 0 Å². The summed E-state index contributed by atoms with van der Waals surface area (Å²) in [5.41, 5.74) is 2.29. The molecule has 0 radical (unpaired) electrons. The summed E-state index contributed by atoms with van der Waals surface area (Å²) >= 11 is 0. The molecule has 2 atom stereocenters. The lowest BCUT2D eigenvalue weighted by Gasteiger charge is -2.16. The summed E-state index contributed by atoms with van der Waals surface area (Å²) in [6, 6.07) is 4.39. The van der Waals surface area contributed by atoms with E-state index >= 15 is 0 Å². The van der Waals surface area contributed by atoms with Crippen molar-refractivity contribution in [1.29, 1.82) is 0 Å². The number of carbonyl (C=O) groups excluding carboxylic acids is 1. The summed E-state index contributed by atoms with van der Waals surface area (Å²) < 4.78 is 13.5. The van der Waals surface area contributed by atoms with Crippen LogP contribution in [0, 0.1) is 18.7 Å². The predicted octanol–water partition coefficient (Wildman–Crippen LogP) is 1.15. The Kier molecular flexibility index (Phi) is 6.51. The highest BCUT2D eigenvalue weighted by Gasteiger charge is 2.35. The van der Waals surface area contributed by atoms with Gasteiger partial charge in [-0.1, -0.05) is 0 Å². The van der Waals surface area contributed by atoms with Gasteiger partial charge in [0, 0.05) is 35.6 Å². The molecule has 1 amide bonds. The fourth-order valence-electron chi connectivity index (χ4n) is 3.33. The number of aliphatic hydroxyl groups is 1. The Balaban J connectivity index is 0.000000817. The van der Waals surface area contributed by atoms with Gasteiger partial charge in [0.05, 0.1) is 18.9 Å².